The normalized spacial score (nSPS) is 16.4. The molecule has 1 rings (SSSR count). The minimum absolute atomic E-state index is 0.127. The third-order valence-corrected chi connectivity index (χ3v) is 2.85. The summed E-state index contributed by atoms with van der Waals surface area (Å²) in [5.74, 6) is 0. The number of nitrogens with zero attached hydrogens (tertiary/aromatic N) is 2. The van der Waals surface area contributed by atoms with Crippen molar-refractivity contribution in [3.8, 4) is 0 Å². The van der Waals surface area contributed by atoms with Crippen molar-refractivity contribution >= 4 is 6.03 Å². The van der Waals surface area contributed by atoms with E-state index < -0.39 is 0 Å². The molecule has 1 aliphatic heterocycles. The average Bonchev–Trinajstić information content (AvgIpc) is 2.56. The van der Waals surface area contributed by atoms with Gasteiger partial charge in [0.15, 0.2) is 0 Å². The summed E-state index contributed by atoms with van der Waals surface area (Å²) in [7, 11) is 0. The maximum Gasteiger partial charge on any atom is 0.320 e. The first-order valence-corrected chi connectivity index (χ1v) is 6.05. The maximum atomic E-state index is 12.2. The molecule has 1 heterocycles. The van der Waals surface area contributed by atoms with Gasteiger partial charge < -0.3 is 9.80 Å². The highest BCUT2D eigenvalue weighted by atomic mass is 16.2. The lowest BCUT2D eigenvalue weighted by Crippen LogP contribution is -2.43. The van der Waals surface area contributed by atoms with Crippen LogP contribution in [0.2, 0.25) is 0 Å². The lowest BCUT2D eigenvalue weighted by Gasteiger charge is -2.28. The van der Waals surface area contributed by atoms with Crippen molar-refractivity contribution in [3.63, 3.8) is 0 Å². The largest absolute Gasteiger partial charge is 0.325 e. The predicted octanol–water partition coefficient (Wildman–Crippen LogP) is 2.66. The SMILES string of the molecule is C=CCN(CC=C)C(=O)N1CCCCCC1. The Hall–Kier alpha value is -1.25. The molecule has 0 aromatic carbocycles. The van der Waals surface area contributed by atoms with E-state index in [1.165, 1.54) is 12.8 Å². The quantitative estimate of drug-likeness (QED) is 0.671. The number of urea groups is 1. The van der Waals surface area contributed by atoms with E-state index in [9.17, 15) is 4.79 Å². The Labute approximate surface area is 98.4 Å². The number of likely N-dealkylation sites (tertiary alicyclic amines) is 1. The van der Waals surface area contributed by atoms with Crippen LogP contribution in [0.1, 0.15) is 25.7 Å². The van der Waals surface area contributed by atoms with Crippen molar-refractivity contribution in [2.24, 2.45) is 0 Å². The van der Waals surface area contributed by atoms with Crippen molar-refractivity contribution in [2.45, 2.75) is 25.7 Å². The fraction of sp³-hybridized carbons (Fsp3) is 0.615. The van der Waals surface area contributed by atoms with E-state index in [1.807, 2.05) is 4.90 Å². The molecular weight excluding hydrogens is 200 g/mol. The van der Waals surface area contributed by atoms with Crippen LogP contribution in [-0.2, 0) is 0 Å². The van der Waals surface area contributed by atoms with Gasteiger partial charge in [0.1, 0.15) is 0 Å². The molecule has 1 fully saturated rings. The van der Waals surface area contributed by atoms with Gasteiger partial charge in [0.25, 0.3) is 0 Å². The Morgan fingerprint density at radius 2 is 1.56 bits per heavy atom. The first-order chi connectivity index (χ1) is 7.79. The van der Waals surface area contributed by atoms with Crippen LogP contribution in [0.3, 0.4) is 0 Å². The molecule has 0 bridgehead atoms. The van der Waals surface area contributed by atoms with Crippen molar-refractivity contribution in [3.05, 3.63) is 25.3 Å². The van der Waals surface area contributed by atoms with Gasteiger partial charge in [-0.1, -0.05) is 25.0 Å². The van der Waals surface area contributed by atoms with Crippen molar-refractivity contribution in [1.29, 1.82) is 0 Å². The van der Waals surface area contributed by atoms with Crippen LogP contribution in [0.25, 0.3) is 0 Å². The number of hydrogen-bond acceptors (Lipinski definition) is 1. The Kier molecular flexibility index (Phi) is 5.68. The van der Waals surface area contributed by atoms with Gasteiger partial charge in [-0.3, -0.25) is 0 Å². The zero-order valence-electron chi connectivity index (χ0n) is 10.0. The molecule has 0 aromatic rings. The standard InChI is InChI=1S/C13H22N2O/c1-3-9-14(10-4-2)13(16)15-11-7-5-6-8-12-15/h3-4H,1-2,5-12H2. The summed E-state index contributed by atoms with van der Waals surface area (Å²) in [6, 6.07) is 0.127. The molecule has 16 heavy (non-hydrogen) atoms. The van der Waals surface area contributed by atoms with E-state index in [-0.39, 0.29) is 6.03 Å². The van der Waals surface area contributed by atoms with Gasteiger partial charge in [-0.15, -0.1) is 13.2 Å². The zero-order valence-corrected chi connectivity index (χ0v) is 10.0. The van der Waals surface area contributed by atoms with E-state index in [4.69, 9.17) is 0 Å². The van der Waals surface area contributed by atoms with Crippen LogP contribution in [0.4, 0.5) is 4.79 Å². The second kappa shape index (κ2) is 7.09. The third-order valence-electron chi connectivity index (χ3n) is 2.85. The predicted molar refractivity (Wildman–Crippen MR) is 67.4 cm³/mol. The molecule has 0 unspecified atom stereocenters. The first kappa shape index (κ1) is 12.8. The van der Waals surface area contributed by atoms with Crippen LogP contribution >= 0.6 is 0 Å². The summed E-state index contributed by atoms with van der Waals surface area (Å²) < 4.78 is 0. The molecule has 1 saturated heterocycles. The Morgan fingerprint density at radius 3 is 2.00 bits per heavy atom. The monoisotopic (exact) mass is 222 g/mol. The molecule has 3 nitrogen and oxygen atoms in total. The van der Waals surface area contributed by atoms with Gasteiger partial charge in [0.2, 0.25) is 0 Å². The third kappa shape index (κ3) is 3.72. The second-order valence-corrected chi connectivity index (χ2v) is 4.17. The van der Waals surface area contributed by atoms with Gasteiger partial charge in [-0.05, 0) is 12.8 Å². The van der Waals surface area contributed by atoms with Crippen LogP contribution in [0, 0.1) is 0 Å². The summed E-state index contributed by atoms with van der Waals surface area (Å²) in [5.41, 5.74) is 0. The molecule has 0 atom stereocenters. The zero-order chi connectivity index (χ0) is 11.8. The Balaban J connectivity index is 2.56. The minimum Gasteiger partial charge on any atom is -0.325 e. The van der Waals surface area contributed by atoms with E-state index >= 15 is 0 Å². The number of hydrogen-bond donors (Lipinski definition) is 0. The first-order valence-electron chi connectivity index (χ1n) is 6.05. The highest BCUT2D eigenvalue weighted by molar-refractivity contribution is 5.74. The molecule has 0 aromatic heterocycles. The van der Waals surface area contributed by atoms with Gasteiger partial charge in [-0.2, -0.15) is 0 Å². The average molecular weight is 222 g/mol. The van der Waals surface area contributed by atoms with Gasteiger partial charge in [0.05, 0.1) is 0 Å². The number of rotatable bonds is 4. The second-order valence-electron chi connectivity index (χ2n) is 4.17. The van der Waals surface area contributed by atoms with Gasteiger partial charge in [-0.25, -0.2) is 4.79 Å². The molecule has 0 saturated carbocycles. The van der Waals surface area contributed by atoms with Crippen molar-refractivity contribution < 1.29 is 4.79 Å². The van der Waals surface area contributed by atoms with Crippen LogP contribution < -0.4 is 0 Å². The molecule has 2 amide bonds. The summed E-state index contributed by atoms with van der Waals surface area (Å²) in [5, 5.41) is 0. The molecule has 1 aliphatic rings. The van der Waals surface area contributed by atoms with Crippen molar-refractivity contribution in [2.75, 3.05) is 26.2 Å². The summed E-state index contributed by atoms with van der Waals surface area (Å²) >= 11 is 0. The molecule has 0 spiro atoms. The molecule has 0 aliphatic carbocycles. The topological polar surface area (TPSA) is 23.6 Å². The van der Waals surface area contributed by atoms with E-state index in [0.29, 0.717) is 13.1 Å². The van der Waals surface area contributed by atoms with E-state index in [1.54, 1.807) is 17.1 Å². The lowest BCUT2D eigenvalue weighted by atomic mass is 10.2. The number of carbonyl (C=O) groups excluding carboxylic acids is 1. The van der Waals surface area contributed by atoms with Crippen LogP contribution in [0.5, 0.6) is 0 Å². The van der Waals surface area contributed by atoms with Crippen LogP contribution in [-0.4, -0.2) is 42.0 Å². The van der Waals surface area contributed by atoms with E-state index in [0.717, 1.165) is 25.9 Å². The lowest BCUT2D eigenvalue weighted by molar-refractivity contribution is 0.164. The maximum absolute atomic E-state index is 12.2. The number of carbonyl (C=O) groups is 1. The summed E-state index contributed by atoms with van der Waals surface area (Å²) in [6.07, 6.45) is 8.27. The fourth-order valence-electron chi connectivity index (χ4n) is 2.00. The van der Waals surface area contributed by atoms with Crippen LogP contribution in [0.15, 0.2) is 25.3 Å². The number of amides is 2. The summed E-state index contributed by atoms with van der Waals surface area (Å²) in [4.78, 5) is 15.9. The Morgan fingerprint density at radius 1 is 1.06 bits per heavy atom. The molecule has 3 heteroatoms. The highest BCUT2D eigenvalue weighted by Gasteiger charge is 2.19. The molecule has 0 N–H and O–H groups in total. The highest BCUT2D eigenvalue weighted by Crippen LogP contribution is 2.11. The molecular formula is C13H22N2O. The Bertz CT molecular complexity index is 232. The smallest absolute Gasteiger partial charge is 0.320 e. The minimum atomic E-state index is 0.127. The van der Waals surface area contributed by atoms with Gasteiger partial charge in [0, 0.05) is 26.2 Å². The summed E-state index contributed by atoms with van der Waals surface area (Å²) in [6.45, 7) is 10.3. The fourth-order valence-corrected chi connectivity index (χ4v) is 2.00. The molecule has 90 valence electrons. The van der Waals surface area contributed by atoms with Gasteiger partial charge >= 0.3 is 6.03 Å². The van der Waals surface area contributed by atoms with Crippen molar-refractivity contribution in [1.82, 2.24) is 9.80 Å². The van der Waals surface area contributed by atoms with E-state index in [2.05, 4.69) is 13.2 Å². The molecule has 0 radical (unpaired) electrons.